The largest absolute Gasteiger partial charge is 0.373 e. The number of anilines is 1. The highest BCUT2D eigenvalue weighted by atomic mass is 16.2. The van der Waals surface area contributed by atoms with E-state index in [1.165, 1.54) is 16.7 Å². The highest BCUT2D eigenvalue weighted by Crippen LogP contribution is 2.25. The summed E-state index contributed by atoms with van der Waals surface area (Å²) >= 11 is 0. The van der Waals surface area contributed by atoms with Gasteiger partial charge in [-0.3, -0.25) is 4.79 Å². The topological polar surface area (TPSA) is 41.1 Å². The summed E-state index contributed by atoms with van der Waals surface area (Å²) in [6.45, 7) is 2.73. The second-order valence-corrected chi connectivity index (χ2v) is 5.40. The Morgan fingerprint density at radius 1 is 1.14 bits per heavy atom. The van der Waals surface area contributed by atoms with E-state index in [1.54, 1.807) is 0 Å². The summed E-state index contributed by atoms with van der Waals surface area (Å²) < 4.78 is 0. The summed E-state index contributed by atoms with van der Waals surface area (Å²) in [4.78, 5) is 12.3. The third-order valence-corrected chi connectivity index (χ3v) is 4.04. The van der Waals surface area contributed by atoms with Gasteiger partial charge in [-0.2, -0.15) is 0 Å². The zero-order valence-electron chi connectivity index (χ0n) is 12.2. The Bertz CT molecular complexity index is 626. The molecule has 1 aliphatic heterocycles. The molecule has 1 amide bonds. The Kier molecular flexibility index (Phi) is 3.91. The lowest BCUT2D eigenvalue weighted by molar-refractivity contribution is -0.121. The van der Waals surface area contributed by atoms with Crippen LogP contribution >= 0.6 is 0 Å². The van der Waals surface area contributed by atoms with E-state index >= 15 is 0 Å². The van der Waals surface area contributed by atoms with Gasteiger partial charge in [-0.05, 0) is 29.2 Å². The van der Waals surface area contributed by atoms with Crippen molar-refractivity contribution in [1.82, 2.24) is 5.32 Å². The lowest BCUT2D eigenvalue weighted by Gasteiger charge is -2.13. The van der Waals surface area contributed by atoms with Gasteiger partial charge in [-0.1, -0.05) is 49.4 Å². The van der Waals surface area contributed by atoms with Gasteiger partial charge in [0.05, 0.1) is 0 Å². The summed E-state index contributed by atoms with van der Waals surface area (Å²) in [6, 6.07) is 16.2. The number of carbonyl (C=O) groups excluding carboxylic acids is 1. The molecule has 0 radical (unpaired) electrons. The first-order valence-corrected chi connectivity index (χ1v) is 7.47. The summed E-state index contributed by atoms with van der Waals surface area (Å²) in [7, 11) is 0. The van der Waals surface area contributed by atoms with Crippen molar-refractivity contribution in [2.45, 2.75) is 32.4 Å². The molecule has 0 aliphatic carbocycles. The van der Waals surface area contributed by atoms with E-state index in [-0.39, 0.29) is 11.9 Å². The molecule has 2 aromatic rings. The van der Waals surface area contributed by atoms with Crippen molar-refractivity contribution >= 4 is 11.6 Å². The number of aryl methyl sites for hydroxylation is 1. The third kappa shape index (κ3) is 2.92. The molecule has 0 saturated carbocycles. The molecule has 3 rings (SSSR count). The van der Waals surface area contributed by atoms with Gasteiger partial charge >= 0.3 is 0 Å². The molecule has 1 aliphatic rings. The van der Waals surface area contributed by atoms with Gasteiger partial charge in [0.25, 0.3) is 0 Å². The van der Waals surface area contributed by atoms with Crippen molar-refractivity contribution < 1.29 is 4.79 Å². The fourth-order valence-electron chi connectivity index (χ4n) is 2.84. The van der Waals surface area contributed by atoms with Crippen LogP contribution in [0.3, 0.4) is 0 Å². The molecule has 0 bridgehead atoms. The molecule has 0 unspecified atom stereocenters. The monoisotopic (exact) mass is 280 g/mol. The average molecular weight is 280 g/mol. The van der Waals surface area contributed by atoms with E-state index in [0.717, 1.165) is 18.5 Å². The van der Waals surface area contributed by atoms with Crippen LogP contribution in [-0.4, -0.2) is 11.9 Å². The lowest BCUT2D eigenvalue weighted by atomic mass is 10.1. The van der Waals surface area contributed by atoms with Gasteiger partial charge < -0.3 is 10.6 Å². The molecule has 21 heavy (non-hydrogen) atoms. The number of nitrogens with one attached hydrogen (secondary N) is 2. The van der Waals surface area contributed by atoms with Gasteiger partial charge in [-0.15, -0.1) is 0 Å². The minimum Gasteiger partial charge on any atom is -0.373 e. The van der Waals surface area contributed by atoms with Crippen LogP contribution in [0.5, 0.6) is 0 Å². The molecule has 0 spiro atoms. The lowest BCUT2D eigenvalue weighted by Crippen LogP contribution is -2.38. The van der Waals surface area contributed by atoms with Gasteiger partial charge in [0.1, 0.15) is 6.04 Å². The quantitative estimate of drug-likeness (QED) is 0.904. The van der Waals surface area contributed by atoms with Crippen LogP contribution in [0.2, 0.25) is 0 Å². The van der Waals surface area contributed by atoms with Gasteiger partial charge in [0.15, 0.2) is 0 Å². The Morgan fingerprint density at radius 3 is 2.62 bits per heavy atom. The van der Waals surface area contributed by atoms with Crippen molar-refractivity contribution in [3.05, 3.63) is 65.2 Å². The zero-order valence-corrected chi connectivity index (χ0v) is 12.2. The maximum absolute atomic E-state index is 12.3. The Labute approximate surface area is 125 Å². The van der Waals surface area contributed by atoms with Crippen molar-refractivity contribution in [1.29, 1.82) is 0 Å². The van der Waals surface area contributed by atoms with Crippen LogP contribution in [0.15, 0.2) is 48.5 Å². The first kappa shape index (κ1) is 13.7. The number of hydrogen-bond donors (Lipinski definition) is 2. The predicted octanol–water partition coefficient (Wildman–Crippen LogP) is 2.90. The zero-order chi connectivity index (χ0) is 14.7. The number of carbonyl (C=O) groups is 1. The highest BCUT2D eigenvalue weighted by Gasteiger charge is 2.25. The second kappa shape index (κ2) is 6.00. The molecule has 1 heterocycles. The average Bonchev–Trinajstić information content (AvgIpc) is 2.97. The number of benzene rings is 2. The fourth-order valence-corrected chi connectivity index (χ4v) is 2.84. The van der Waals surface area contributed by atoms with E-state index < -0.39 is 0 Å². The van der Waals surface area contributed by atoms with Gasteiger partial charge in [0.2, 0.25) is 5.91 Å². The third-order valence-electron chi connectivity index (χ3n) is 4.04. The predicted molar refractivity (Wildman–Crippen MR) is 85.2 cm³/mol. The number of rotatable bonds is 4. The van der Waals surface area contributed by atoms with E-state index in [1.807, 2.05) is 30.3 Å². The Hall–Kier alpha value is -2.29. The molecule has 0 fully saturated rings. The van der Waals surface area contributed by atoms with Crippen LogP contribution in [0.1, 0.15) is 23.6 Å². The van der Waals surface area contributed by atoms with Crippen LogP contribution in [0.4, 0.5) is 5.69 Å². The summed E-state index contributed by atoms with van der Waals surface area (Å²) in [6.07, 6.45) is 1.75. The van der Waals surface area contributed by atoms with Crippen molar-refractivity contribution in [2.75, 3.05) is 5.32 Å². The first-order chi connectivity index (χ1) is 10.3. The first-order valence-electron chi connectivity index (χ1n) is 7.47. The summed E-state index contributed by atoms with van der Waals surface area (Å²) in [5.41, 5.74) is 4.78. The van der Waals surface area contributed by atoms with E-state index in [0.29, 0.717) is 6.54 Å². The normalized spacial score (nSPS) is 16.1. The Balaban J connectivity index is 1.61. The fraction of sp³-hybridized carbons (Fsp3) is 0.278. The van der Waals surface area contributed by atoms with Crippen LogP contribution < -0.4 is 10.6 Å². The van der Waals surface area contributed by atoms with Crippen molar-refractivity contribution in [3.8, 4) is 0 Å². The molecule has 1 atom stereocenters. The molecular formula is C18H20N2O. The van der Waals surface area contributed by atoms with E-state index in [4.69, 9.17) is 0 Å². The van der Waals surface area contributed by atoms with E-state index in [2.05, 4.69) is 35.8 Å². The number of fused-ring (bicyclic) bond motifs is 1. The molecule has 3 nitrogen and oxygen atoms in total. The van der Waals surface area contributed by atoms with Gasteiger partial charge in [0, 0.05) is 18.7 Å². The molecule has 2 aromatic carbocycles. The molecule has 3 heteroatoms. The molecule has 108 valence electrons. The molecule has 0 aromatic heterocycles. The molecule has 0 saturated heterocycles. The van der Waals surface area contributed by atoms with E-state index in [9.17, 15) is 4.79 Å². The number of para-hydroxylation sites is 1. The maximum atomic E-state index is 12.3. The standard InChI is InChI=1S/C18H20N2O/c1-2-13-7-3-4-9-15(13)12-19-18(21)17-11-14-8-5-6-10-16(14)20-17/h3-10,17,20H,2,11-12H2,1H3,(H,19,21)/t17-/m0/s1. The minimum absolute atomic E-state index is 0.0668. The second-order valence-electron chi connectivity index (χ2n) is 5.40. The minimum atomic E-state index is -0.156. The maximum Gasteiger partial charge on any atom is 0.243 e. The van der Waals surface area contributed by atoms with Crippen LogP contribution in [0.25, 0.3) is 0 Å². The van der Waals surface area contributed by atoms with Crippen molar-refractivity contribution in [2.24, 2.45) is 0 Å². The smallest absolute Gasteiger partial charge is 0.243 e. The summed E-state index contributed by atoms with van der Waals surface area (Å²) in [5.74, 6) is 0.0668. The van der Waals surface area contributed by atoms with Crippen LogP contribution in [-0.2, 0) is 24.2 Å². The van der Waals surface area contributed by atoms with Crippen molar-refractivity contribution in [3.63, 3.8) is 0 Å². The Morgan fingerprint density at radius 2 is 1.86 bits per heavy atom. The SMILES string of the molecule is CCc1ccccc1CNC(=O)[C@@H]1Cc2ccccc2N1. The highest BCUT2D eigenvalue weighted by molar-refractivity contribution is 5.87. The molecule has 2 N–H and O–H groups in total. The number of amides is 1. The number of hydrogen-bond acceptors (Lipinski definition) is 2. The van der Waals surface area contributed by atoms with Crippen LogP contribution in [0, 0.1) is 0 Å². The van der Waals surface area contributed by atoms with Gasteiger partial charge in [-0.25, -0.2) is 0 Å². The summed E-state index contributed by atoms with van der Waals surface area (Å²) in [5, 5.41) is 6.34. The molecular weight excluding hydrogens is 260 g/mol.